The maximum atomic E-state index is 13.3. The van der Waals surface area contributed by atoms with Crippen LogP contribution in [0.15, 0.2) is 24.3 Å². The molecule has 2 fully saturated rings. The van der Waals surface area contributed by atoms with Gasteiger partial charge < -0.3 is 30.8 Å². The highest BCUT2D eigenvalue weighted by molar-refractivity contribution is 7.78. The maximum Gasteiger partial charge on any atom is 0.315 e. The number of thiol groups is 1. The quantitative estimate of drug-likeness (QED) is 0.102. The van der Waals surface area contributed by atoms with Gasteiger partial charge in [0.1, 0.15) is 18.1 Å². The number of carbonyl (C=O) groups is 5. The van der Waals surface area contributed by atoms with Gasteiger partial charge in [-0.25, -0.2) is 4.79 Å². The van der Waals surface area contributed by atoms with E-state index in [-0.39, 0.29) is 17.5 Å². The number of ether oxygens (including phenoxy) is 1. The van der Waals surface area contributed by atoms with Crippen LogP contribution in [0.1, 0.15) is 118 Å². The summed E-state index contributed by atoms with van der Waals surface area (Å²) in [6, 6.07) is 5.98. The summed E-state index contributed by atoms with van der Waals surface area (Å²) in [4.78, 5) is 61.4. The lowest BCUT2D eigenvalue weighted by Gasteiger charge is -2.40. The Morgan fingerprint density at radius 1 is 1.10 bits per heavy atom. The van der Waals surface area contributed by atoms with E-state index in [1.807, 2.05) is 52.8 Å². The first-order chi connectivity index (χ1) is 23.1. The van der Waals surface area contributed by atoms with Crippen LogP contribution in [0.25, 0.3) is 0 Å². The predicted molar refractivity (Wildman–Crippen MR) is 198 cm³/mol. The van der Waals surface area contributed by atoms with E-state index in [2.05, 4.69) is 48.1 Å². The summed E-state index contributed by atoms with van der Waals surface area (Å²) in [6.07, 6.45) is 10.9. The molecule has 0 spiro atoms. The van der Waals surface area contributed by atoms with Crippen LogP contribution >= 0.6 is 12.8 Å². The zero-order valence-corrected chi connectivity index (χ0v) is 32.0. The highest BCUT2D eigenvalue weighted by atomic mass is 32.1. The number of ketones is 1. The molecule has 0 aromatic heterocycles. The summed E-state index contributed by atoms with van der Waals surface area (Å²) in [5.41, 5.74) is 5.13. The van der Waals surface area contributed by atoms with Gasteiger partial charge in [-0.15, -0.1) is 0 Å². The van der Waals surface area contributed by atoms with Crippen molar-refractivity contribution in [3.63, 3.8) is 0 Å². The SMILES string of the molecule is CCC.CCC(C)CC(NS)C(=O)C(N)=O.COc1cccc(CC2(NC(=O)NC(C(=O)N3CCC[C@H]3C=O)C(C)(C)C)CCCCC2)c1. The molecular weight excluding hydrogens is 643 g/mol. The number of Topliss-reactive ketones (excluding diaryl/α,β-unsaturated/α-hetero) is 1. The summed E-state index contributed by atoms with van der Waals surface area (Å²) in [7, 11) is 1.65. The fourth-order valence-electron chi connectivity index (χ4n) is 6.14. The van der Waals surface area contributed by atoms with Crippen molar-refractivity contribution in [2.75, 3.05) is 13.7 Å². The number of primary amides is 1. The Balaban J connectivity index is 0.000000628. The molecule has 2 aliphatic rings. The molecule has 12 heteroatoms. The number of hydrogen-bond acceptors (Lipinski definition) is 8. The van der Waals surface area contributed by atoms with Crippen LogP contribution in [-0.4, -0.2) is 72.1 Å². The second kappa shape index (κ2) is 21.9. The topological polar surface area (TPSA) is 160 Å². The molecule has 3 unspecified atom stereocenters. The van der Waals surface area contributed by atoms with Crippen LogP contribution in [0.4, 0.5) is 4.79 Å². The number of nitrogens with zero attached hydrogens (tertiary/aromatic N) is 1. The van der Waals surface area contributed by atoms with Gasteiger partial charge in [-0.05, 0) is 67.6 Å². The van der Waals surface area contributed by atoms with Crippen LogP contribution in [-0.2, 0) is 25.6 Å². The van der Waals surface area contributed by atoms with Gasteiger partial charge in [0.15, 0.2) is 0 Å². The Morgan fingerprint density at radius 2 is 1.73 bits per heavy atom. The van der Waals surface area contributed by atoms with E-state index >= 15 is 0 Å². The van der Waals surface area contributed by atoms with Crippen molar-refractivity contribution in [2.24, 2.45) is 17.1 Å². The number of likely N-dealkylation sites (tertiary alicyclic amines) is 1. The average Bonchev–Trinajstić information content (AvgIpc) is 3.55. The molecule has 1 heterocycles. The molecule has 4 atom stereocenters. The summed E-state index contributed by atoms with van der Waals surface area (Å²) in [5.74, 6) is -0.521. The standard InChI is InChI=1S/C26H39N3O4.C8H16N2O2S.C3H8/c1-25(2,3)22(23(31)29-15-9-11-20(29)18-30)27-24(32)28-26(13-6-5-7-14-26)17-19-10-8-12-21(16-19)33-4;1-3-5(2)4-6(10-13)7(11)8(9)12;1-3-2/h8,10,12,16,18,20,22H,5-7,9,11,13-15,17H2,1-4H3,(H2,27,28,32);5-6,10,13H,3-4H2,1-2H3,(H2,9,12);3H2,1-2H3/t20-,22?;;/m0../s1. The normalized spacial score (nSPS) is 18.6. The Morgan fingerprint density at radius 3 is 2.24 bits per heavy atom. The lowest BCUT2D eigenvalue weighted by Crippen LogP contribution is -2.61. The van der Waals surface area contributed by atoms with Crippen LogP contribution in [0, 0.1) is 11.3 Å². The van der Waals surface area contributed by atoms with Gasteiger partial charge in [-0.3, -0.25) is 19.1 Å². The molecule has 5 N–H and O–H groups in total. The number of hydrogen-bond donors (Lipinski definition) is 5. The largest absolute Gasteiger partial charge is 0.497 e. The Hall–Kier alpha value is -3.12. The Bertz CT molecular complexity index is 1200. The second-order valence-electron chi connectivity index (χ2n) is 14.5. The van der Waals surface area contributed by atoms with Gasteiger partial charge in [-0.1, -0.05) is 106 Å². The first kappa shape index (κ1) is 43.9. The molecule has 11 nitrogen and oxygen atoms in total. The molecule has 4 amide bonds. The monoisotopic (exact) mass is 705 g/mol. The van der Waals surface area contributed by atoms with Crippen molar-refractivity contribution in [3.8, 4) is 5.75 Å². The van der Waals surface area contributed by atoms with E-state index in [4.69, 9.17) is 10.5 Å². The number of methoxy groups -OCH3 is 1. The molecule has 1 aliphatic carbocycles. The Kier molecular flexibility index (Phi) is 19.6. The fourth-order valence-corrected chi connectivity index (χ4v) is 6.36. The summed E-state index contributed by atoms with van der Waals surface area (Å²) in [6.45, 7) is 14.6. The van der Waals surface area contributed by atoms with E-state index in [0.29, 0.717) is 31.7 Å². The minimum absolute atomic E-state index is 0.183. The molecule has 0 bridgehead atoms. The molecule has 49 heavy (non-hydrogen) atoms. The van der Waals surface area contributed by atoms with Gasteiger partial charge in [0.05, 0.1) is 19.2 Å². The van der Waals surface area contributed by atoms with Crippen molar-refractivity contribution < 1.29 is 28.7 Å². The van der Waals surface area contributed by atoms with Crippen LogP contribution in [0.3, 0.4) is 0 Å². The minimum atomic E-state index is -0.908. The van der Waals surface area contributed by atoms with Crippen molar-refractivity contribution in [2.45, 2.75) is 143 Å². The number of aldehydes is 1. The lowest BCUT2D eigenvalue weighted by molar-refractivity contribution is -0.138. The second-order valence-corrected chi connectivity index (χ2v) is 14.8. The van der Waals surface area contributed by atoms with Crippen molar-refractivity contribution in [1.82, 2.24) is 20.3 Å². The summed E-state index contributed by atoms with van der Waals surface area (Å²) >= 11 is 3.78. The number of nitrogens with two attached hydrogens (primary N) is 1. The summed E-state index contributed by atoms with van der Waals surface area (Å²) in [5, 5.41) is 6.24. The van der Waals surface area contributed by atoms with Crippen molar-refractivity contribution in [1.29, 1.82) is 0 Å². The van der Waals surface area contributed by atoms with Gasteiger partial charge in [0, 0.05) is 12.1 Å². The number of carbonyl (C=O) groups excluding carboxylic acids is 5. The number of rotatable bonds is 13. The first-order valence-corrected chi connectivity index (χ1v) is 18.3. The van der Waals surface area contributed by atoms with E-state index in [0.717, 1.165) is 62.5 Å². The molecule has 1 saturated heterocycles. The van der Waals surface area contributed by atoms with Gasteiger partial charge in [0.25, 0.3) is 5.91 Å². The lowest BCUT2D eigenvalue weighted by atomic mass is 9.77. The maximum absolute atomic E-state index is 13.3. The fraction of sp³-hybridized carbons (Fsp3) is 0.703. The molecule has 278 valence electrons. The van der Waals surface area contributed by atoms with Crippen molar-refractivity contribution in [3.05, 3.63) is 29.8 Å². The van der Waals surface area contributed by atoms with E-state index in [1.165, 1.54) is 6.42 Å². The molecule has 1 aliphatic heterocycles. The van der Waals surface area contributed by atoms with Crippen molar-refractivity contribution >= 4 is 42.7 Å². The number of amides is 4. The van der Waals surface area contributed by atoms with Crippen LogP contribution in [0.5, 0.6) is 5.75 Å². The zero-order chi connectivity index (χ0) is 37.2. The zero-order valence-electron chi connectivity index (χ0n) is 31.1. The molecular formula is C37H63N5O6S. The molecule has 1 aromatic carbocycles. The first-order valence-electron chi connectivity index (χ1n) is 17.8. The van der Waals surface area contributed by atoms with E-state index in [9.17, 15) is 24.0 Å². The number of benzene rings is 1. The number of urea groups is 1. The summed E-state index contributed by atoms with van der Waals surface area (Å²) < 4.78 is 7.87. The highest BCUT2D eigenvalue weighted by Gasteiger charge is 2.41. The van der Waals surface area contributed by atoms with Gasteiger partial charge >= 0.3 is 6.03 Å². The van der Waals surface area contributed by atoms with Gasteiger partial charge in [0.2, 0.25) is 11.7 Å². The van der Waals surface area contributed by atoms with Crippen LogP contribution in [0.2, 0.25) is 0 Å². The molecule has 1 aromatic rings. The highest BCUT2D eigenvalue weighted by Crippen LogP contribution is 2.33. The number of nitrogens with one attached hydrogen (secondary N) is 3. The van der Waals surface area contributed by atoms with Gasteiger partial charge in [-0.2, -0.15) is 0 Å². The third kappa shape index (κ3) is 14.7. The predicted octanol–water partition coefficient (Wildman–Crippen LogP) is 5.54. The third-order valence-electron chi connectivity index (χ3n) is 9.04. The van der Waals surface area contributed by atoms with E-state index in [1.54, 1.807) is 12.0 Å². The average molecular weight is 706 g/mol. The smallest absolute Gasteiger partial charge is 0.315 e. The van der Waals surface area contributed by atoms with Crippen LogP contribution < -0.4 is 25.8 Å². The molecule has 1 saturated carbocycles. The molecule has 3 rings (SSSR count). The Labute approximate surface area is 300 Å². The third-order valence-corrected chi connectivity index (χ3v) is 9.36. The molecule has 0 radical (unpaired) electrons. The van der Waals surface area contributed by atoms with E-state index < -0.39 is 35.2 Å². The minimum Gasteiger partial charge on any atom is -0.497 e.